The first-order valence-corrected chi connectivity index (χ1v) is 13.2. The molecule has 2 heterocycles. The second-order valence-corrected chi connectivity index (χ2v) is 10.9. The van der Waals surface area contributed by atoms with Crippen molar-refractivity contribution in [3.8, 4) is 16.9 Å². The molecule has 0 saturated heterocycles. The smallest absolute Gasteiger partial charge is 0.252 e. The maximum atomic E-state index is 13.8. The molecule has 0 amide bonds. The molecule has 4 rings (SSSR count). The van der Waals surface area contributed by atoms with Gasteiger partial charge in [0.1, 0.15) is 5.75 Å². The highest BCUT2D eigenvalue weighted by molar-refractivity contribution is 6.31. The Morgan fingerprint density at radius 3 is 2.54 bits per heavy atom. The lowest BCUT2D eigenvalue weighted by Gasteiger charge is -2.24. The number of aromatic nitrogens is 2. The van der Waals surface area contributed by atoms with E-state index in [9.17, 15) is 14.4 Å². The molecule has 204 valence electrons. The lowest BCUT2D eigenvalue weighted by molar-refractivity contribution is -0.122. The van der Waals surface area contributed by atoms with Crippen molar-refractivity contribution < 1.29 is 19.1 Å². The molecule has 1 atom stereocenters. The van der Waals surface area contributed by atoms with Gasteiger partial charge >= 0.3 is 0 Å². The predicted octanol–water partition coefficient (Wildman–Crippen LogP) is 6.42. The first-order valence-electron chi connectivity index (χ1n) is 12.8. The van der Waals surface area contributed by atoms with Gasteiger partial charge in [0.2, 0.25) is 0 Å². The number of aromatic amines is 1. The first kappa shape index (κ1) is 28.3. The number of H-pyrrole nitrogens is 1. The number of fused-ring (bicyclic) bond motifs is 1. The molecular formula is C31H33ClN2O5. The zero-order valence-corrected chi connectivity index (χ0v) is 23.6. The fourth-order valence-electron chi connectivity index (χ4n) is 4.73. The molecule has 1 N–H and O–H groups in total. The molecule has 2 aromatic heterocycles. The number of hydrogen-bond donors (Lipinski definition) is 1. The van der Waals surface area contributed by atoms with Gasteiger partial charge in [0.25, 0.3) is 5.56 Å². The summed E-state index contributed by atoms with van der Waals surface area (Å²) in [5.41, 5.74) is 2.37. The third kappa shape index (κ3) is 6.49. The quantitative estimate of drug-likeness (QED) is 0.231. The number of carbonyl (C=O) groups excluding carboxylic acids is 2. The van der Waals surface area contributed by atoms with Crippen LogP contribution in [0.25, 0.3) is 22.0 Å². The van der Waals surface area contributed by atoms with Crippen LogP contribution in [0, 0.1) is 0 Å². The second-order valence-electron chi connectivity index (χ2n) is 10.5. The summed E-state index contributed by atoms with van der Waals surface area (Å²) in [6, 6.07) is 13.2. The number of nitrogens with zero attached hydrogens (tertiary/aromatic N) is 1. The van der Waals surface area contributed by atoms with Gasteiger partial charge in [-0.25, -0.2) is 0 Å². The number of pyridine rings is 1. The minimum atomic E-state index is -0.788. The van der Waals surface area contributed by atoms with E-state index in [0.717, 1.165) is 16.5 Å². The van der Waals surface area contributed by atoms with E-state index >= 15 is 0 Å². The van der Waals surface area contributed by atoms with E-state index in [0.29, 0.717) is 33.9 Å². The van der Waals surface area contributed by atoms with Crippen LogP contribution >= 0.6 is 11.6 Å². The van der Waals surface area contributed by atoms with E-state index in [4.69, 9.17) is 21.1 Å². The molecule has 39 heavy (non-hydrogen) atoms. The van der Waals surface area contributed by atoms with E-state index in [2.05, 4.69) is 4.98 Å². The van der Waals surface area contributed by atoms with Gasteiger partial charge in [0.05, 0.1) is 24.9 Å². The number of nitrogens with one attached hydrogen (secondary N) is 1. The average molecular weight is 549 g/mol. The Bertz CT molecular complexity index is 1580. The van der Waals surface area contributed by atoms with Crippen LogP contribution in [-0.2, 0) is 16.0 Å². The molecule has 0 aliphatic rings. The van der Waals surface area contributed by atoms with Crippen LogP contribution in [0.1, 0.15) is 56.1 Å². The van der Waals surface area contributed by atoms with E-state index < -0.39 is 17.2 Å². The normalized spacial score (nSPS) is 12.5. The molecule has 0 bridgehead atoms. The molecule has 0 saturated carbocycles. The van der Waals surface area contributed by atoms with Crippen molar-refractivity contribution in [2.75, 3.05) is 13.7 Å². The Morgan fingerprint density at radius 2 is 1.85 bits per heavy atom. The molecular weight excluding hydrogens is 516 g/mol. The van der Waals surface area contributed by atoms with Crippen LogP contribution in [0.3, 0.4) is 0 Å². The van der Waals surface area contributed by atoms with E-state index in [-0.39, 0.29) is 24.6 Å². The average Bonchev–Trinajstić information content (AvgIpc) is 3.36. The number of ether oxygens (including phenoxy) is 2. The Labute approximate surface area is 232 Å². The highest BCUT2D eigenvalue weighted by atomic mass is 35.5. The Morgan fingerprint density at radius 1 is 1.08 bits per heavy atom. The summed E-state index contributed by atoms with van der Waals surface area (Å²) in [6.07, 6.45) is 3.83. The van der Waals surface area contributed by atoms with Crippen molar-refractivity contribution in [2.24, 2.45) is 0 Å². The van der Waals surface area contributed by atoms with Gasteiger partial charge < -0.3 is 19.0 Å². The zero-order chi connectivity index (χ0) is 28.3. The Kier molecular flexibility index (Phi) is 8.42. The summed E-state index contributed by atoms with van der Waals surface area (Å²) in [5, 5.41) is 1.39. The zero-order valence-electron chi connectivity index (χ0n) is 22.8. The molecule has 0 aliphatic heterocycles. The number of carbonyl (C=O) groups is 2. The molecule has 0 spiro atoms. The molecule has 4 aromatic rings. The molecule has 2 aromatic carbocycles. The number of halogens is 1. The SMILES string of the molecule is COc1cn(C(CCOC(C)(C)C)C(=O)Cc2cccc3[nH]ccc23)c(=O)cc1-c1cc(Cl)ccc1C(C)=O. The van der Waals surface area contributed by atoms with Gasteiger partial charge in [-0.15, -0.1) is 0 Å². The van der Waals surface area contributed by atoms with Crippen LogP contribution in [0.15, 0.2) is 65.7 Å². The minimum Gasteiger partial charge on any atom is -0.495 e. The molecule has 0 fully saturated rings. The predicted molar refractivity (Wildman–Crippen MR) is 154 cm³/mol. The highest BCUT2D eigenvalue weighted by Crippen LogP contribution is 2.34. The van der Waals surface area contributed by atoms with Crippen LogP contribution in [-0.4, -0.2) is 40.4 Å². The van der Waals surface area contributed by atoms with Crippen LogP contribution in [0.5, 0.6) is 5.75 Å². The number of benzene rings is 2. The molecule has 7 nitrogen and oxygen atoms in total. The summed E-state index contributed by atoms with van der Waals surface area (Å²) < 4.78 is 13.0. The molecule has 8 heteroatoms. The second kappa shape index (κ2) is 11.6. The van der Waals surface area contributed by atoms with E-state index in [1.165, 1.54) is 24.7 Å². The Hall–Kier alpha value is -3.68. The summed E-state index contributed by atoms with van der Waals surface area (Å²) in [4.78, 5) is 42.9. The number of ketones is 2. The van der Waals surface area contributed by atoms with E-state index in [1.54, 1.807) is 24.4 Å². The number of Topliss-reactive ketones (excluding diaryl/α,β-unsaturated/α-hetero) is 2. The lowest BCUT2D eigenvalue weighted by atomic mass is 9.96. The van der Waals surface area contributed by atoms with Crippen molar-refractivity contribution in [3.63, 3.8) is 0 Å². The van der Waals surface area contributed by atoms with Gasteiger partial charge in [-0.05, 0) is 75.6 Å². The van der Waals surface area contributed by atoms with Crippen molar-refractivity contribution >= 4 is 34.1 Å². The number of rotatable bonds is 10. The summed E-state index contributed by atoms with van der Waals surface area (Å²) in [6.45, 7) is 7.57. The molecule has 0 aliphatic carbocycles. The largest absolute Gasteiger partial charge is 0.495 e. The monoisotopic (exact) mass is 548 g/mol. The van der Waals surface area contributed by atoms with Crippen molar-refractivity contribution in [2.45, 2.75) is 52.2 Å². The van der Waals surface area contributed by atoms with Crippen molar-refractivity contribution in [1.29, 1.82) is 0 Å². The van der Waals surface area contributed by atoms with Gasteiger partial charge in [-0.3, -0.25) is 14.4 Å². The third-order valence-electron chi connectivity index (χ3n) is 6.60. The lowest BCUT2D eigenvalue weighted by Crippen LogP contribution is -2.32. The summed E-state index contributed by atoms with van der Waals surface area (Å²) >= 11 is 6.24. The van der Waals surface area contributed by atoms with Gasteiger partial charge in [0, 0.05) is 52.3 Å². The van der Waals surface area contributed by atoms with Crippen molar-refractivity contribution in [1.82, 2.24) is 9.55 Å². The number of methoxy groups -OCH3 is 1. The third-order valence-corrected chi connectivity index (χ3v) is 6.83. The van der Waals surface area contributed by atoms with E-state index in [1.807, 2.05) is 51.2 Å². The van der Waals surface area contributed by atoms with Crippen LogP contribution in [0.4, 0.5) is 0 Å². The van der Waals surface area contributed by atoms with Crippen molar-refractivity contribution in [3.05, 3.63) is 87.4 Å². The standard InChI is InChI=1S/C31H33ClN2O5/c1-19(35)22-10-9-21(32)16-24(22)25-17-30(37)34(18-29(25)38-5)27(12-14-39-31(2,3)4)28(36)15-20-7-6-8-26-23(20)11-13-33-26/h6-11,13,16-18,27,33H,12,14-15H2,1-5H3. The molecule has 0 radical (unpaired) electrons. The molecule has 1 unspecified atom stereocenters. The van der Waals surface area contributed by atoms with Crippen LogP contribution in [0.2, 0.25) is 5.02 Å². The number of hydrogen-bond acceptors (Lipinski definition) is 5. The summed E-state index contributed by atoms with van der Waals surface area (Å²) in [7, 11) is 1.48. The summed E-state index contributed by atoms with van der Waals surface area (Å²) in [5.74, 6) is 0.0612. The van der Waals surface area contributed by atoms with Crippen LogP contribution < -0.4 is 10.3 Å². The van der Waals surface area contributed by atoms with Gasteiger partial charge in [0.15, 0.2) is 11.6 Å². The van der Waals surface area contributed by atoms with Gasteiger partial charge in [-0.2, -0.15) is 0 Å². The minimum absolute atomic E-state index is 0.120. The fourth-order valence-corrected chi connectivity index (χ4v) is 4.91. The Balaban J connectivity index is 1.77. The highest BCUT2D eigenvalue weighted by Gasteiger charge is 2.26. The fraction of sp³-hybridized carbons (Fsp3) is 0.323. The topological polar surface area (TPSA) is 90.4 Å². The first-order chi connectivity index (χ1) is 18.5. The maximum Gasteiger partial charge on any atom is 0.252 e. The maximum absolute atomic E-state index is 13.8. The van der Waals surface area contributed by atoms with Gasteiger partial charge in [-0.1, -0.05) is 23.7 Å².